The maximum absolute atomic E-state index is 13.0. The Morgan fingerprint density at radius 3 is 2.76 bits per heavy atom. The van der Waals surface area contributed by atoms with E-state index in [-0.39, 0.29) is 11.7 Å². The lowest BCUT2D eigenvalue weighted by atomic mass is 9.99. The molecule has 1 aromatic heterocycles. The van der Waals surface area contributed by atoms with Crippen LogP contribution in [0.1, 0.15) is 24.6 Å². The van der Waals surface area contributed by atoms with Crippen molar-refractivity contribution in [3.63, 3.8) is 0 Å². The van der Waals surface area contributed by atoms with Crippen LogP contribution in [0.15, 0.2) is 40.4 Å². The molecule has 0 radical (unpaired) electrons. The van der Waals surface area contributed by atoms with Gasteiger partial charge in [-0.3, -0.25) is 4.79 Å². The Bertz CT molecular complexity index is 933. The number of methoxy groups -OCH3 is 1. The molecule has 0 bridgehead atoms. The molecule has 0 spiro atoms. The van der Waals surface area contributed by atoms with Gasteiger partial charge < -0.3 is 15.0 Å². The minimum Gasteiger partial charge on any atom is -0.383 e. The molecule has 11 heteroatoms. The standard InChI is InChI=1S/C18H25N5O4S2/c1-27-11-10-23-17(20-21-18(23)28-13-16(19)24)14-6-5-9-22(12-14)29(25,26)15-7-3-2-4-8-15/h2-4,7-8,14H,5-6,9-13H2,1H3,(H2,19,24)/t14-/m0/s1. The molecular weight excluding hydrogens is 414 g/mol. The number of amides is 1. The maximum atomic E-state index is 13.0. The van der Waals surface area contributed by atoms with Gasteiger partial charge in [-0.15, -0.1) is 10.2 Å². The number of piperidine rings is 1. The number of thioether (sulfide) groups is 1. The Morgan fingerprint density at radius 1 is 1.31 bits per heavy atom. The van der Waals surface area contributed by atoms with Crippen LogP contribution in [0, 0.1) is 0 Å². The Kier molecular flexibility index (Phi) is 7.28. The Hall–Kier alpha value is -1.95. The lowest BCUT2D eigenvalue weighted by molar-refractivity contribution is -0.115. The van der Waals surface area contributed by atoms with Crippen molar-refractivity contribution in [2.75, 3.05) is 32.6 Å². The smallest absolute Gasteiger partial charge is 0.243 e. The van der Waals surface area contributed by atoms with Gasteiger partial charge in [-0.05, 0) is 25.0 Å². The van der Waals surface area contributed by atoms with Gasteiger partial charge >= 0.3 is 0 Å². The van der Waals surface area contributed by atoms with E-state index in [1.54, 1.807) is 37.4 Å². The van der Waals surface area contributed by atoms with Crippen molar-refractivity contribution in [1.82, 2.24) is 19.1 Å². The number of nitrogens with two attached hydrogens (primary N) is 1. The highest BCUT2D eigenvalue weighted by atomic mass is 32.2. The molecule has 1 atom stereocenters. The monoisotopic (exact) mass is 439 g/mol. The SMILES string of the molecule is COCCn1c(SCC(N)=O)nnc1[C@H]1CCCN(S(=O)(=O)c2ccccc2)C1. The lowest BCUT2D eigenvalue weighted by Crippen LogP contribution is -2.39. The Morgan fingerprint density at radius 2 is 2.07 bits per heavy atom. The van der Waals surface area contributed by atoms with Crippen LogP contribution < -0.4 is 5.73 Å². The number of aromatic nitrogens is 3. The molecule has 1 aliphatic heterocycles. The second kappa shape index (κ2) is 9.70. The van der Waals surface area contributed by atoms with Crippen LogP contribution in [0.2, 0.25) is 0 Å². The first kappa shape index (κ1) is 21.8. The molecule has 0 aliphatic carbocycles. The van der Waals surface area contributed by atoms with Gasteiger partial charge in [-0.25, -0.2) is 8.42 Å². The summed E-state index contributed by atoms with van der Waals surface area (Å²) in [5.74, 6) is 0.289. The number of carbonyl (C=O) groups excluding carboxylic acids is 1. The van der Waals surface area contributed by atoms with Crippen molar-refractivity contribution in [3.05, 3.63) is 36.2 Å². The summed E-state index contributed by atoms with van der Waals surface area (Å²) in [6.45, 7) is 1.78. The van der Waals surface area contributed by atoms with E-state index in [1.807, 2.05) is 4.57 Å². The zero-order valence-corrected chi connectivity index (χ0v) is 17.9. The number of nitrogens with zero attached hydrogens (tertiary/aromatic N) is 4. The highest BCUT2D eigenvalue weighted by Crippen LogP contribution is 2.31. The van der Waals surface area contributed by atoms with Crippen molar-refractivity contribution in [2.45, 2.75) is 35.4 Å². The number of benzene rings is 1. The number of ether oxygens (including phenoxy) is 1. The summed E-state index contributed by atoms with van der Waals surface area (Å²) in [5.41, 5.74) is 5.25. The molecule has 0 saturated carbocycles. The molecule has 2 heterocycles. The molecule has 1 aliphatic rings. The zero-order valence-electron chi connectivity index (χ0n) is 16.2. The average Bonchev–Trinajstić information content (AvgIpc) is 3.14. The van der Waals surface area contributed by atoms with E-state index in [0.29, 0.717) is 42.1 Å². The van der Waals surface area contributed by atoms with Crippen LogP contribution in [0.4, 0.5) is 0 Å². The second-order valence-electron chi connectivity index (χ2n) is 6.76. The molecule has 1 saturated heterocycles. The third-order valence-electron chi connectivity index (χ3n) is 4.74. The third-order valence-corrected chi connectivity index (χ3v) is 7.61. The first-order valence-electron chi connectivity index (χ1n) is 9.32. The number of hydrogen-bond donors (Lipinski definition) is 1. The van der Waals surface area contributed by atoms with Gasteiger partial charge in [0.1, 0.15) is 5.82 Å². The van der Waals surface area contributed by atoms with Gasteiger partial charge in [0.2, 0.25) is 15.9 Å². The van der Waals surface area contributed by atoms with Crippen LogP contribution in [0.25, 0.3) is 0 Å². The first-order valence-corrected chi connectivity index (χ1v) is 11.7. The predicted octanol–water partition coefficient (Wildman–Crippen LogP) is 1.07. The van der Waals surface area contributed by atoms with Crippen LogP contribution >= 0.6 is 11.8 Å². The molecular formula is C18H25N5O4S2. The minimum absolute atomic E-state index is 0.0884. The molecule has 29 heavy (non-hydrogen) atoms. The number of carbonyl (C=O) groups is 1. The normalized spacial score (nSPS) is 18.0. The van der Waals surface area contributed by atoms with Crippen LogP contribution in [0.5, 0.6) is 0 Å². The number of primary amides is 1. The maximum Gasteiger partial charge on any atom is 0.243 e. The topological polar surface area (TPSA) is 120 Å². The Labute approximate surface area is 174 Å². The Balaban J connectivity index is 1.83. The fourth-order valence-electron chi connectivity index (χ4n) is 3.35. The minimum atomic E-state index is -3.56. The highest BCUT2D eigenvalue weighted by Gasteiger charge is 2.33. The fraction of sp³-hybridized carbons (Fsp3) is 0.500. The summed E-state index contributed by atoms with van der Waals surface area (Å²) in [5, 5.41) is 9.11. The van der Waals surface area contributed by atoms with E-state index in [0.717, 1.165) is 12.8 Å². The first-order chi connectivity index (χ1) is 13.9. The summed E-state index contributed by atoms with van der Waals surface area (Å²) in [6, 6.07) is 8.45. The van der Waals surface area contributed by atoms with Gasteiger partial charge in [-0.2, -0.15) is 4.31 Å². The van der Waals surface area contributed by atoms with E-state index >= 15 is 0 Å². The summed E-state index contributed by atoms with van der Waals surface area (Å²) < 4.78 is 34.6. The number of rotatable bonds is 9. The van der Waals surface area contributed by atoms with Gasteiger partial charge in [0.25, 0.3) is 0 Å². The van der Waals surface area contributed by atoms with Crippen molar-refractivity contribution in [3.8, 4) is 0 Å². The van der Waals surface area contributed by atoms with Crippen molar-refractivity contribution in [1.29, 1.82) is 0 Å². The summed E-state index contributed by atoms with van der Waals surface area (Å²) in [6.07, 6.45) is 1.55. The lowest BCUT2D eigenvalue weighted by Gasteiger charge is -2.31. The molecule has 1 amide bonds. The van der Waals surface area contributed by atoms with Crippen LogP contribution in [0.3, 0.4) is 0 Å². The van der Waals surface area contributed by atoms with Crippen LogP contribution in [-0.4, -0.2) is 66.0 Å². The fourth-order valence-corrected chi connectivity index (χ4v) is 5.61. The summed E-state index contributed by atoms with van der Waals surface area (Å²) in [7, 11) is -1.96. The molecule has 1 fully saturated rings. The summed E-state index contributed by atoms with van der Waals surface area (Å²) in [4.78, 5) is 11.4. The quantitative estimate of drug-likeness (QED) is 0.580. The molecule has 2 aromatic rings. The van der Waals surface area contributed by atoms with E-state index in [1.165, 1.54) is 16.1 Å². The van der Waals surface area contributed by atoms with Gasteiger partial charge in [0.05, 0.1) is 17.3 Å². The van der Waals surface area contributed by atoms with E-state index in [2.05, 4.69) is 10.2 Å². The van der Waals surface area contributed by atoms with Crippen molar-refractivity contribution >= 4 is 27.7 Å². The summed E-state index contributed by atoms with van der Waals surface area (Å²) >= 11 is 1.22. The van der Waals surface area contributed by atoms with Gasteiger partial charge in [0, 0.05) is 32.7 Å². The average molecular weight is 440 g/mol. The third kappa shape index (κ3) is 5.16. The molecule has 2 N–H and O–H groups in total. The van der Waals surface area contributed by atoms with Crippen LogP contribution in [-0.2, 0) is 26.1 Å². The van der Waals surface area contributed by atoms with Crippen molar-refractivity contribution < 1.29 is 17.9 Å². The van der Waals surface area contributed by atoms with E-state index < -0.39 is 15.9 Å². The molecule has 3 rings (SSSR count). The number of sulfonamides is 1. The van der Waals surface area contributed by atoms with Gasteiger partial charge in [-0.1, -0.05) is 30.0 Å². The highest BCUT2D eigenvalue weighted by molar-refractivity contribution is 7.99. The predicted molar refractivity (Wildman–Crippen MR) is 109 cm³/mol. The molecule has 0 unspecified atom stereocenters. The van der Waals surface area contributed by atoms with Gasteiger partial charge in [0.15, 0.2) is 5.16 Å². The largest absolute Gasteiger partial charge is 0.383 e. The zero-order chi connectivity index (χ0) is 20.9. The van der Waals surface area contributed by atoms with Crippen molar-refractivity contribution in [2.24, 2.45) is 5.73 Å². The molecule has 158 valence electrons. The molecule has 9 nitrogen and oxygen atoms in total. The second-order valence-corrected chi connectivity index (χ2v) is 9.64. The van der Waals surface area contributed by atoms with E-state index in [9.17, 15) is 13.2 Å². The van der Waals surface area contributed by atoms with E-state index in [4.69, 9.17) is 10.5 Å². The number of hydrogen-bond acceptors (Lipinski definition) is 7. The molecule has 1 aromatic carbocycles.